The van der Waals surface area contributed by atoms with Crippen LogP contribution in [0.2, 0.25) is 11.9 Å². The van der Waals surface area contributed by atoms with Gasteiger partial charge in [0.15, 0.2) is 0 Å². The fourth-order valence-electron chi connectivity index (χ4n) is 2.25. The first-order valence-electron chi connectivity index (χ1n) is 8.61. The number of rotatable bonds is 12. The van der Waals surface area contributed by atoms with Gasteiger partial charge in [0.05, 0.1) is 0 Å². The van der Waals surface area contributed by atoms with Gasteiger partial charge in [-0.05, 0) is 0 Å². The third-order valence-electron chi connectivity index (χ3n) is 3.40. The Morgan fingerprint density at radius 2 is 1.00 bits per heavy atom. The van der Waals surface area contributed by atoms with Crippen molar-refractivity contribution in [1.29, 1.82) is 0 Å². The van der Waals surface area contributed by atoms with Gasteiger partial charge in [-0.25, -0.2) is 0 Å². The first kappa shape index (κ1) is 22.7. The Bertz CT molecular complexity index is 168. The Hall–Kier alpha value is 0.392. The van der Waals surface area contributed by atoms with Gasteiger partial charge < -0.3 is 5.11 Å². The van der Waals surface area contributed by atoms with Crippen molar-refractivity contribution in [3.63, 3.8) is 0 Å². The molecule has 20 heavy (non-hydrogen) atoms. The van der Waals surface area contributed by atoms with E-state index in [9.17, 15) is 0 Å². The van der Waals surface area contributed by atoms with Crippen LogP contribution in [0.3, 0.4) is 0 Å². The molecule has 0 saturated carbocycles. The molecule has 0 amide bonds. The third kappa shape index (κ3) is 23.5. The second-order valence-corrected chi connectivity index (χ2v) is 17.3. The summed E-state index contributed by atoms with van der Waals surface area (Å²) < 4.78 is 5.14. The van der Waals surface area contributed by atoms with E-state index in [1.807, 2.05) is 0 Å². The van der Waals surface area contributed by atoms with E-state index in [1.165, 1.54) is 38.5 Å². The van der Waals surface area contributed by atoms with Gasteiger partial charge in [0.2, 0.25) is 0 Å². The summed E-state index contributed by atoms with van der Waals surface area (Å²) in [6, 6.07) is 0. The Morgan fingerprint density at radius 1 is 0.750 bits per heavy atom. The summed E-state index contributed by atoms with van der Waals surface area (Å²) in [6.07, 6.45) is 13.4. The molecule has 2 nitrogen and oxygen atoms in total. The van der Waals surface area contributed by atoms with Crippen LogP contribution in [-0.2, 0) is 4.79 Å². The van der Waals surface area contributed by atoms with Crippen molar-refractivity contribution < 1.29 is 9.90 Å². The summed E-state index contributed by atoms with van der Waals surface area (Å²) >= 11 is -1.06. The summed E-state index contributed by atoms with van der Waals surface area (Å²) in [5.74, 6) is -0.833. The molecular weight excluding hydrogens is 443 g/mol. The van der Waals surface area contributed by atoms with E-state index < -0.39 is 28.7 Å². The molecule has 1 radical (unpaired) electrons. The first-order valence-corrected chi connectivity index (χ1v) is 16.9. The molecule has 0 spiro atoms. The van der Waals surface area contributed by atoms with Crippen molar-refractivity contribution in [2.75, 3.05) is 0 Å². The monoisotopic (exact) mass is 481 g/mol. The Labute approximate surface area is 135 Å². The predicted molar refractivity (Wildman–Crippen MR) is 92.1 cm³/mol. The van der Waals surface area contributed by atoms with E-state index in [1.54, 1.807) is 31.2 Å². The number of carbonyl (C=O) groups is 1. The van der Waals surface area contributed by atoms with Gasteiger partial charge in [-0.3, -0.25) is 4.79 Å². The van der Waals surface area contributed by atoms with Crippen LogP contribution in [-0.4, -0.2) is 33.8 Å². The average Bonchev–Trinajstić information content (AvgIpc) is 2.38. The van der Waals surface area contributed by atoms with Gasteiger partial charge in [-0.2, -0.15) is 0 Å². The molecule has 1 N–H and O–H groups in total. The van der Waals surface area contributed by atoms with E-state index in [2.05, 4.69) is 20.8 Å². The zero-order valence-corrected chi connectivity index (χ0v) is 18.2. The molecule has 0 saturated heterocycles. The van der Waals surface area contributed by atoms with Gasteiger partial charge in [-0.1, -0.05) is 0 Å². The van der Waals surface area contributed by atoms with E-state index in [-0.39, 0.29) is 0 Å². The molecule has 121 valence electrons. The Balaban J connectivity index is 0. The van der Waals surface area contributed by atoms with Crippen LogP contribution in [0.4, 0.5) is 0 Å². The van der Waals surface area contributed by atoms with E-state index in [0.29, 0.717) is 0 Å². The minimum atomic E-state index is -1.06. The van der Waals surface area contributed by atoms with E-state index >= 15 is 0 Å². The molecular formula is C17H37O2Pb. The summed E-state index contributed by atoms with van der Waals surface area (Å²) in [4.78, 5) is 9.00. The van der Waals surface area contributed by atoms with Crippen LogP contribution in [0.1, 0.15) is 85.5 Å². The van der Waals surface area contributed by atoms with Crippen LogP contribution in [0, 0.1) is 0 Å². The fraction of sp³-hybridized carbons (Fsp3) is 0.941. The summed E-state index contributed by atoms with van der Waals surface area (Å²) in [7, 11) is 0. The van der Waals surface area contributed by atoms with Gasteiger partial charge in [0.1, 0.15) is 0 Å². The summed E-state index contributed by atoms with van der Waals surface area (Å²) in [5, 5.41) is 7.42. The molecule has 0 aliphatic heterocycles. The normalized spacial score (nSPS) is 10.2. The molecule has 0 aromatic rings. The number of unbranched alkanes of at least 4 members (excludes halogenated alkanes) is 6. The van der Waals surface area contributed by atoms with Crippen LogP contribution < -0.4 is 0 Å². The average molecular weight is 481 g/mol. The summed E-state index contributed by atoms with van der Waals surface area (Å²) in [5.41, 5.74) is 0. The van der Waals surface area contributed by atoms with Crippen molar-refractivity contribution in [3.05, 3.63) is 0 Å². The van der Waals surface area contributed by atoms with E-state index in [0.717, 1.165) is 6.92 Å². The molecule has 0 unspecified atom stereocenters. The molecule has 3 heteroatoms. The van der Waals surface area contributed by atoms with Crippen LogP contribution in [0.15, 0.2) is 0 Å². The van der Waals surface area contributed by atoms with Crippen LogP contribution in [0.5, 0.6) is 0 Å². The SMILES string of the molecule is CC(=O)O.CCCC[CH2][Pb]([CH2]CCCC)[CH2]CCCC. The number of aliphatic carboxylic acids is 1. The van der Waals surface area contributed by atoms with Crippen LogP contribution in [0.25, 0.3) is 0 Å². The number of hydrogen-bond donors (Lipinski definition) is 1. The number of hydrogen-bond acceptors (Lipinski definition) is 1. The predicted octanol–water partition coefficient (Wildman–Crippen LogP) is 6.14. The molecule has 0 aromatic carbocycles. The van der Waals surface area contributed by atoms with Crippen molar-refractivity contribution in [2.45, 2.75) is 97.4 Å². The second-order valence-electron chi connectivity index (χ2n) is 5.64. The van der Waals surface area contributed by atoms with Crippen LogP contribution >= 0.6 is 0 Å². The molecule has 0 aliphatic rings. The standard InChI is InChI=1S/3C5H11.C2H4O2.Pb/c3*1-3-5-4-2;1-2(3)4;/h3*1,3-5H2,2H3;1H3,(H,3,4);. The molecule has 0 aromatic heterocycles. The maximum atomic E-state index is 9.00. The van der Waals surface area contributed by atoms with E-state index in [4.69, 9.17) is 9.90 Å². The van der Waals surface area contributed by atoms with Gasteiger partial charge in [-0.15, -0.1) is 0 Å². The zero-order chi connectivity index (χ0) is 15.6. The Kier molecular flexibility index (Phi) is 22.0. The molecule has 0 rings (SSSR count). The van der Waals surface area contributed by atoms with Crippen molar-refractivity contribution in [1.82, 2.24) is 0 Å². The molecule has 0 bridgehead atoms. The molecule has 0 aliphatic carbocycles. The van der Waals surface area contributed by atoms with Gasteiger partial charge in [0.25, 0.3) is 5.97 Å². The fourth-order valence-corrected chi connectivity index (χ4v) is 13.9. The topological polar surface area (TPSA) is 37.3 Å². The third-order valence-corrected chi connectivity index (χ3v) is 15.8. The van der Waals surface area contributed by atoms with Crippen molar-refractivity contribution in [3.8, 4) is 0 Å². The maximum absolute atomic E-state index is 9.00. The molecule has 0 atom stereocenters. The second kappa shape index (κ2) is 19.4. The molecule has 0 fully saturated rings. The quantitative estimate of drug-likeness (QED) is 0.269. The van der Waals surface area contributed by atoms with Crippen molar-refractivity contribution >= 4 is 28.7 Å². The van der Waals surface area contributed by atoms with Gasteiger partial charge >= 0.3 is 113 Å². The zero-order valence-electron chi connectivity index (χ0n) is 14.3. The minimum absolute atomic E-state index is 0.833. The number of carboxylic acids is 1. The first-order chi connectivity index (χ1) is 9.58. The van der Waals surface area contributed by atoms with Crippen molar-refractivity contribution in [2.24, 2.45) is 0 Å². The molecule has 0 heterocycles. The van der Waals surface area contributed by atoms with Gasteiger partial charge in [0, 0.05) is 6.92 Å². The number of carboxylic acid groups (broad SMARTS) is 1. The Morgan fingerprint density at radius 3 is 1.20 bits per heavy atom. The summed E-state index contributed by atoms with van der Waals surface area (Å²) in [6.45, 7) is 8.08.